The molecule has 1 aromatic carbocycles. The van der Waals surface area contributed by atoms with E-state index < -0.39 is 0 Å². The molecule has 4 heteroatoms. The van der Waals surface area contributed by atoms with Crippen molar-refractivity contribution in [3.05, 3.63) is 34.2 Å². The first-order valence-electron chi connectivity index (χ1n) is 3.79. The second kappa shape index (κ2) is 3.64. The summed E-state index contributed by atoms with van der Waals surface area (Å²) in [6.07, 6.45) is 0. The summed E-state index contributed by atoms with van der Waals surface area (Å²) in [7, 11) is 0. The molecule has 1 aromatic heterocycles. The van der Waals surface area contributed by atoms with Crippen LogP contribution < -0.4 is 5.90 Å². The highest BCUT2D eigenvalue weighted by molar-refractivity contribution is 7.19. The molecule has 2 aromatic rings. The number of halogens is 1. The third-order valence-electron chi connectivity index (χ3n) is 1.75. The highest BCUT2D eigenvalue weighted by Crippen LogP contribution is 2.28. The van der Waals surface area contributed by atoms with Crippen LogP contribution in [-0.2, 0) is 11.4 Å². The molecule has 68 valence electrons. The van der Waals surface area contributed by atoms with Crippen molar-refractivity contribution in [2.45, 2.75) is 6.61 Å². The van der Waals surface area contributed by atoms with Crippen LogP contribution in [0.3, 0.4) is 0 Å². The number of thiophene rings is 1. The predicted molar refractivity (Wildman–Crippen MR) is 55.8 cm³/mol. The molecule has 0 aliphatic rings. The summed E-state index contributed by atoms with van der Waals surface area (Å²) < 4.78 is 1.21. The quantitative estimate of drug-likeness (QED) is 0.779. The van der Waals surface area contributed by atoms with E-state index >= 15 is 0 Å². The van der Waals surface area contributed by atoms with Gasteiger partial charge in [-0.25, -0.2) is 5.90 Å². The minimum atomic E-state index is 0.455. The summed E-state index contributed by atoms with van der Waals surface area (Å²) in [6, 6.07) is 7.86. The minimum Gasteiger partial charge on any atom is -0.299 e. The largest absolute Gasteiger partial charge is 0.299 e. The minimum absolute atomic E-state index is 0.455. The van der Waals surface area contributed by atoms with Crippen molar-refractivity contribution in [3.8, 4) is 0 Å². The van der Waals surface area contributed by atoms with Crippen LogP contribution in [0.25, 0.3) is 10.1 Å². The summed E-state index contributed by atoms with van der Waals surface area (Å²) in [5.74, 6) is 4.99. The van der Waals surface area contributed by atoms with E-state index in [-0.39, 0.29) is 0 Å². The summed E-state index contributed by atoms with van der Waals surface area (Å²) in [4.78, 5) is 5.68. The molecule has 0 unspecified atom stereocenters. The fourth-order valence-corrected chi connectivity index (χ4v) is 2.37. The third-order valence-corrected chi connectivity index (χ3v) is 3.08. The van der Waals surface area contributed by atoms with E-state index in [9.17, 15) is 0 Å². The first-order valence-corrected chi connectivity index (χ1v) is 4.99. The van der Waals surface area contributed by atoms with E-state index in [2.05, 4.69) is 4.84 Å². The summed E-state index contributed by atoms with van der Waals surface area (Å²) >= 11 is 7.52. The van der Waals surface area contributed by atoms with Gasteiger partial charge in [-0.2, -0.15) is 0 Å². The Morgan fingerprint density at radius 1 is 1.38 bits per heavy atom. The van der Waals surface area contributed by atoms with Gasteiger partial charge >= 0.3 is 0 Å². The van der Waals surface area contributed by atoms with Crippen molar-refractivity contribution in [3.63, 3.8) is 0 Å². The Bertz CT molecular complexity index is 426. The van der Waals surface area contributed by atoms with Gasteiger partial charge in [0.25, 0.3) is 0 Å². The van der Waals surface area contributed by atoms with Gasteiger partial charge in [0.15, 0.2) is 0 Å². The van der Waals surface area contributed by atoms with Gasteiger partial charge in [0, 0.05) is 14.6 Å². The molecule has 2 rings (SSSR count). The van der Waals surface area contributed by atoms with Crippen molar-refractivity contribution >= 4 is 33.0 Å². The van der Waals surface area contributed by atoms with E-state index in [1.165, 1.54) is 4.70 Å². The lowest BCUT2D eigenvalue weighted by atomic mass is 10.2. The van der Waals surface area contributed by atoms with Gasteiger partial charge in [0.1, 0.15) is 6.61 Å². The topological polar surface area (TPSA) is 35.2 Å². The molecular weight excluding hydrogens is 206 g/mol. The van der Waals surface area contributed by atoms with Crippen molar-refractivity contribution < 1.29 is 4.84 Å². The molecule has 0 bridgehead atoms. The molecule has 13 heavy (non-hydrogen) atoms. The van der Waals surface area contributed by atoms with Gasteiger partial charge in [-0.15, -0.1) is 11.3 Å². The van der Waals surface area contributed by atoms with Crippen molar-refractivity contribution in [2.24, 2.45) is 5.90 Å². The van der Waals surface area contributed by atoms with Gasteiger partial charge in [-0.3, -0.25) is 4.84 Å². The Balaban J connectivity index is 2.49. The second-order valence-electron chi connectivity index (χ2n) is 2.71. The normalized spacial score (nSPS) is 10.9. The maximum absolute atomic E-state index is 5.85. The molecule has 0 atom stereocenters. The second-order valence-corrected chi connectivity index (χ2v) is 4.31. The molecule has 1 heterocycles. The standard InChI is InChI=1S/C9H8ClNOS/c10-7-1-2-9-6(3-7)4-8(13-9)5-12-11/h1-4H,5,11H2. The number of rotatable bonds is 2. The smallest absolute Gasteiger partial charge is 0.102 e. The Morgan fingerprint density at radius 2 is 2.23 bits per heavy atom. The lowest BCUT2D eigenvalue weighted by Gasteiger charge is -1.88. The zero-order chi connectivity index (χ0) is 9.26. The van der Waals surface area contributed by atoms with Gasteiger partial charge in [-0.1, -0.05) is 11.6 Å². The van der Waals surface area contributed by atoms with Crippen LogP contribution in [-0.4, -0.2) is 0 Å². The molecular formula is C9H8ClNOS. The number of benzene rings is 1. The average molecular weight is 214 g/mol. The first-order chi connectivity index (χ1) is 6.29. The van der Waals surface area contributed by atoms with Gasteiger partial charge in [0.2, 0.25) is 0 Å². The van der Waals surface area contributed by atoms with Gasteiger partial charge in [-0.05, 0) is 29.7 Å². The fraction of sp³-hybridized carbons (Fsp3) is 0.111. The Labute approximate surface area is 84.8 Å². The Kier molecular flexibility index (Phi) is 2.51. The monoisotopic (exact) mass is 213 g/mol. The molecule has 0 aliphatic carbocycles. The van der Waals surface area contributed by atoms with E-state index in [1.807, 2.05) is 24.3 Å². The van der Waals surface area contributed by atoms with Crippen LogP contribution in [0.15, 0.2) is 24.3 Å². The fourth-order valence-electron chi connectivity index (χ4n) is 1.22. The number of hydrogen-bond acceptors (Lipinski definition) is 3. The summed E-state index contributed by atoms with van der Waals surface area (Å²) in [6.45, 7) is 0.455. The number of hydrogen-bond donors (Lipinski definition) is 1. The third kappa shape index (κ3) is 1.84. The van der Waals surface area contributed by atoms with E-state index in [0.29, 0.717) is 6.61 Å². The molecule has 0 fully saturated rings. The van der Waals surface area contributed by atoms with E-state index in [4.69, 9.17) is 17.5 Å². The molecule has 0 spiro atoms. The van der Waals surface area contributed by atoms with Gasteiger partial charge < -0.3 is 0 Å². The molecule has 2 N–H and O–H groups in total. The molecule has 2 nitrogen and oxygen atoms in total. The zero-order valence-corrected chi connectivity index (χ0v) is 8.36. The Hall–Kier alpha value is -0.610. The highest BCUT2D eigenvalue weighted by Gasteiger charge is 2.01. The maximum Gasteiger partial charge on any atom is 0.102 e. The summed E-state index contributed by atoms with van der Waals surface area (Å²) in [5, 5.41) is 1.90. The first kappa shape index (κ1) is 8.97. The van der Waals surface area contributed by atoms with Crippen LogP contribution in [0.5, 0.6) is 0 Å². The highest BCUT2D eigenvalue weighted by atomic mass is 35.5. The predicted octanol–water partition coefficient (Wildman–Crippen LogP) is 2.95. The van der Waals surface area contributed by atoms with Crippen LogP contribution >= 0.6 is 22.9 Å². The lowest BCUT2D eigenvalue weighted by Crippen LogP contribution is -1.96. The summed E-state index contributed by atoms with van der Waals surface area (Å²) in [5.41, 5.74) is 0. The number of nitrogens with two attached hydrogens (primary N) is 1. The zero-order valence-electron chi connectivity index (χ0n) is 6.79. The van der Waals surface area contributed by atoms with Crippen LogP contribution in [0.1, 0.15) is 4.88 Å². The van der Waals surface area contributed by atoms with Crippen molar-refractivity contribution in [1.82, 2.24) is 0 Å². The average Bonchev–Trinajstić information content (AvgIpc) is 2.46. The van der Waals surface area contributed by atoms with Crippen molar-refractivity contribution in [2.75, 3.05) is 0 Å². The maximum atomic E-state index is 5.85. The molecule has 0 saturated heterocycles. The van der Waals surface area contributed by atoms with E-state index in [1.54, 1.807) is 11.3 Å². The van der Waals surface area contributed by atoms with Crippen LogP contribution in [0, 0.1) is 0 Å². The molecule has 0 aliphatic heterocycles. The van der Waals surface area contributed by atoms with Crippen LogP contribution in [0.4, 0.5) is 0 Å². The van der Waals surface area contributed by atoms with Crippen molar-refractivity contribution in [1.29, 1.82) is 0 Å². The van der Waals surface area contributed by atoms with Crippen LogP contribution in [0.2, 0.25) is 5.02 Å². The van der Waals surface area contributed by atoms with E-state index in [0.717, 1.165) is 15.3 Å². The molecule has 0 saturated carbocycles. The SMILES string of the molecule is NOCc1cc2cc(Cl)ccc2s1. The number of fused-ring (bicyclic) bond motifs is 1. The lowest BCUT2D eigenvalue weighted by molar-refractivity contribution is 0.126. The van der Waals surface area contributed by atoms with Gasteiger partial charge in [0.05, 0.1) is 0 Å². The Morgan fingerprint density at radius 3 is 3.00 bits per heavy atom. The molecule has 0 amide bonds. The molecule has 0 radical (unpaired) electrons.